The number of nitrogens with zero attached hydrogens (tertiary/aromatic N) is 4. The van der Waals surface area contributed by atoms with Gasteiger partial charge in [0, 0.05) is 24.8 Å². The van der Waals surface area contributed by atoms with Gasteiger partial charge in [0.1, 0.15) is 17.7 Å². The minimum atomic E-state index is -3.81. The van der Waals surface area contributed by atoms with Gasteiger partial charge in [0.2, 0.25) is 10.0 Å². The van der Waals surface area contributed by atoms with Crippen molar-refractivity contribution >= 4 is 15.8 Å². The molecule has 0 atom stereocenters. The van der Waals surface area contributed by atoms with Crippen molar-refractivity contribution in [2.45, 2.75) is 31.2 Å². The van der Waals surface area contributed by atoms with Crippen LogP contribution in [0.4, 0.5) is 5.82 Å². The summed E-state index contributed by atoms with van der Waals surface area (Å²) in [7, 11) is -3.81. The van der Waals surface area contributed by atoms with Crippen molar-refractivity contribution in [3.63, 3.8) is 0 Å². The first-order valence-corrected chi connectivity index (χ1v) is 9.56. The third-order valence-corrected chi connectivity index (χ3v) is 5.49. The second-order valence-electron chi connectivity index (χ2n) is 5.91. The van der Waals surface area contributed by atoms with E-state index in [0.717, 1.165) is 37.4 Å². The second-order valence-corrected chi connectivity index (χ2v) is 7.65. The lowest BCUT2D eigenvalue weighted by atomic mass is 10.2. The van der Waals surface area contributed by atoms with Crippen LogP contribution in [0.3, 0.4) is 0 Å². The molecule has 1 fully saturated rings. The highest BCUT2D eigenvalue weighted by Crippen LogP contribution is 2.19. The first-order chi connectivity index (χ1) is 12.0. The molecule has 1 N–H and O–H groups in total. The average Bonchev–Trinajstić information content (AvgIpc) is 3.14. The Balaban J connectivity index is 1.80. The first kappa shape index (κ1) is 17.3. The highest BCUT2D eigenvalue weighted by atomic mass is 32.2. The van der Waals surface area contributed by atoms with Crippen molar-refractivity contribution in [2.24, 2.45) is 0 Å². The zero-order valence-corrected chi connectivity index (χ0v) is 14.8. The highest BCUT2D eigenvalue weighted by molar-refractivity contribution is 7.89. The van der Waals surface area contributed by atoms with E-state index in [1.54, 1.807) is 12.1 Å². The number of hydrogen-bond donors (Lipinski definition) is 1. The van der Waals surface area contributed by atoms with Gasteiger partial charge in [-0.1, -0.05) is 12.1 Å². The number of sulfonamides is 1. The molecule has 130 valence electrons. The monoisotopic (exact) mass is 357 g/mol. The van der Waals surface area contributed by atoms with Gasteiger partial charge in [0.15, 0.2) is 0 Å². The van der Waals surface area contributed by atoms with Gasteiger partial charge in [-0.2, -0.15) is 5.26 Å². The molecule has 0 unspecified atom stereocenters. The highest BCUT2D eigenvalue weighted by Gasteiger charge is 2.19. The van der Waals surface area contributed by atoms with Crippen molar-refractivity contribution in [1.82, 2.24) is 14.7 Å². The Morgan fingerprint density at radius 2 is 1.96 bits per heavy atom. The van der Waals surface area contributed by atoms with Gasteiger partial charge in [-0.05, 0) is 31.9 Å². The minimum Gasteiger partial charge on any atom is -0.357 e. The molecule has 1 aromatic carbocycles. The summed E-state index contributed by atoms with van der Waals surface area (Å²) in [4.78, 5) is 10.9. The summed E-state index contributed by atoms with van der Waals surface area (Å²) in [5, 5.41) is 9.09. The van der Waals surface area contributed by atoms with Crippen LogP contribution in [0.1, 0.15) is 29.9 Å². The smallest absolute Gasteiger partial charge is 0.242 e. The van der Waals surface area contributed by atoms with E-state index in [1.807, 2.05) is 19.1 Å². The minimum absolute atomic E-state index is 0.0232. The summed E-state index contributed by atoms with van der Waals surface area (Å²) in [6.07, 6.45) is 2.27. The lowest BCUT2D eigenvalue weighted by Gasteiger charge is -2.17. The number of hydrogen-bond acceptors (Lipinski definition) is 6. The van der Waals surface area contributed by atoms with Crippen LogP contribution in [-0.2, 0) is 16.6 Å². The molecule has 1 aromatic heterocycles. The van der Waals surface area contributed by atoms with Gasteiger partial charge < -0.3 is 4.90 Å². The normalized spacial score (nSPS) is 14.5. The standard InChI is InChI=1S/C17H19N5O2S/c1-13-10-17(22-8-4-5-9-22)21-16(20-13)12-19-25(23,24)15-7-3-2-6-14(15)11-18/h2-3,6-7,10,19H,4-5,8-9,12H2,1H3. The molecule has 3 rings (SSSR count). The number of anilines is 1. The molecule has 25 heavy (non-hydrogen) atoms. The van der Waals surface area contributed by atoms with E-state index in [1.165, 1.54) is 12.1 Å². The lowest BCUT2D eigenvalue weighted by Crippen LogP contribution is -2.26. The summed E-state index contributed by atoms with van der Waals surface area (Å²) in [5.41, 5.74) is 0.904. The molecule has 2 aromatic rings. The predicted octanol–water partition coefficient (Wildman–Crippen LogP) is 1.74. The first-order valence-electron chi connectivity index (χ1n) is 8.08. The third kappa shape index (κ3) is 3.95. The average molecular weight is 357 g/mol. The van der Waals surface area contributed by atoms with Crippen molar-refractivity contribution in [3.05, 3.63) is 47.4 Å². The molecule has 0 bridgehead atoms. The van der Waals surface area contributed by atoms with Crippen LogP contribution >= 0.6 is 0 Å². The quantitative estimate of drug-likeness (QED) is 0.875. The van der Waals surface area contributed by atoms with E-state index in [0.29, 0.717) is 5.82 Å². The number of aromatic nitrogens is 2. The Hall–Kier alpha value is -2.50. The molecule has 0 spiro atoms. The molecule has 2 heterocycles. The fourth-order valence-corrected chi connectivity index (χ4v) is 3.97. The summed E-state index contributed by atoms with van der Waals surface area (Å²) in [6, 6.07) is 9.91. The Morgan fingerprint density at radius 1 is 1.24 bits per heavy atom. The largest absolute Gasteiger partial charge is 0.357 e. The maximum atomic E-state index is 12.5. The zero-order chi connectivity index (χ0) is 17.9. The predicted molar refractivity (Wildman–Crippen MR) is 93.4 cm³/mol. The Bertz CT molecular complexity index is 915. The summed E-state index contributed by atoms with van der Waals surface area (Å²) in [5.74, 6) is 1.25. The van der Waals surface area contributed by atoms with Gasteiger partial charge in [-0.25, -0.2) is 23.1 Å². The maximum Gasteiger partial charge on any atom is 0.242 e. The van der Waals surface area contributed by atoms with Gasteiger partial charge in [-0.3, -0.25) is 0 Å². The SMILES string of the molecule is Cc1cc(N2CCCC2)nc(CNS(=O)(=O)c2ccccc2C#N)n1. The summed E-state index contributed by atoms with van der Waals surface area (Å²) < 4.78 is 27.5. The molecule has 0 radical (unpaired) electrons. The van der Waals surface area contributed by atoms with Gasteiger partial charge in [0.05, 0.1) is 17.0 Å². The van der Waals surface area contributed by atoms with Gasteiger partial charge in [0.25, 0.3) is 0 Å². The van der Waals surface area contributed by atoms with E-state index in [9.17, 15) is 8.42 Å². The molecule has 0 amide bonds. The molecular formula is C17H19N5O2S. The number of benzene rings is 1. The Labute approximate surface area is 147 Å². The fraction of sp³-hybridized carbons (Fsp3) is 0.353. The van der Waals surface area contributed by atoms with Crippen LogP contribution in [0.25, 0.3) is 0 Å². The maximum absolute atomic E-state index is 12.5. The number of nitriles is 1. The van der Waals surface area contributed by atoms with Crippen molar-refractivity contribution in [2.75, 3.05) is 18.0 Å². The number of nitrogens with one attached hydrogen (secondary N) is 1. The summed E-state index contributed by atoms with van der Waals surface area (Å²) in [6.45, 7) is 3.75. The molecule has 1 aliphatic rings. The molecule has 1 aliphatic heterocycles. The molecular weight excluding hydrogens is 338 g/mol. The van der Waals surface area contributed by atoms with Crippen LogP contribution in [0.15, 0.2) is 35.2 Å². The van der Waals surface area contributed by atoms with E-state index in [2.05, 4.69) is 19.6 Å². The molecule has 8 heteroatoms. The molecule has 0 saturated carbocycles. The van der Waals surface area contributed by atoms with Crippen molar-refractivity contribution in [3.8, 4) is 6.07 Å². The van der Waals surface area contributed by atoms with Crippen molar-refractivity contribution < 1.29 is 8.42 Å². The lowest BCUT2D eigenvalue weighted by molar-refractivity contribution is 0.578. The van der Waals surface area contributed by atoms with Crippen LogP contribution in [-0.4, -0.2) is 31.5 Å². The Morgan fingerprint density at radius 3 is 2.68 bits per heavy atom. The molecule has 7 nitrogen and oxygen atoms in total. The van der Waals surface area contributed by atoms with E-state index < -0.39 is 10.0 Å². The topological polar surface area (TPSA) is 99.0 Å². The van der Waals surface area contributed by atoms with E-state index in [-0.39, 0.29) is 17.0 Å². The van der Waals surface area contributed by atoms with E-state index in [4.69, 9.17) is 5.26 Å². The fourth-order valence-electron chi connectivity index (χ4n) is 2.83. The van der Waals surface area contributed by atoms with Crippen LogP contribution in [0, 0.1) is 18.3 Å². The zero-order valence-electron chi connectivity index (χ0n) is 13.9. The van der Waals surface area contributed by atoms with Crippen LogP contribution < -0.4 is 9.62 Å². The van der Waals surface area contributed by atoms with Crippen LogP contribution in [0.5, 0.6) is 0 Å². The van der Waals surface area contributed by atoms with Crippen LogP contribution in [0.2, 0.25) is 0 Å². The second kappa shape index (κ2) is 7.17. The van der Waals surface area contributed by atoms with E-state index >= 15 is 0 Å². The van der Waals surface area contributed by atoms with Gasteiger partial charge >= 0.3 is 0 Å². The number of rotatable bonds is 5. The Kier molecular flexibility index (Phi) is 4.97. The third-order valence-electron chi connectivity index (χ3n) is 4.03. The van der Waals surface area contributed by atoms with Crippen molar-refractivity contribution in [1.29, 1.82) is 5.26 Å². The summed E-state index contributed by atoms with van der Waals surface area (Å²) >= 11 is 0. The molecule has 0 aliphatic carbocycles. The number of aryl methyl sites for hydroxylation is 1. The molecule has 1 saturated heterocycles. The van der Waals surface area contributed by atoms with Gasteiger partial charge in [-0.15, -0.1) is 0 Å².